The molecule has 29 heavy (non-hydrogen) atoms. The van der Waals surface area contributed by atoms with E-state index in [0.29, 0.717) is 30.2 Å². The Morgan fingerprint density at radius 2 is 1.93 bits per heavy atom. The van der Waals surface area contributed by atoms with Crippen LogP contribution in [0.3, 0.4) is 0 Å². The number of rotatable bonds is 4. The molecular formula is C19H26N4O4S2. The smallest absolute Gasteiger partial charge is 0.252 e. The number of carbonyl (C=O) groups is 1. The van der Waals surface area contributed by atoms with Crippen LogP contribution in [0.25, 0.3) is 11.4 Å². The Morgan fingerprint density at radius 3 is 2.62 bits per heavy atom. The fraction of sp³-hybridized carbons (Fsp3) is 0.632. The predicted molar refractivity (Wildman–Crippen MR) is 109 cm³/mol. The summed E-state index contributed by atoms with van der Waals surface area (Å²) in [6.07, 6.45) is 5.85. The monoisotopic (exact) mass is 438 g/mol. The van der Waals surface area contributed by atoms with Gasteiger partial charge in [0.2, 0.25) is 17.6 Å². The molecule has 0 bridgehead atoms. The maximum Gasteiger partial charge on any atom is 0.252 e. The van der Waals surface area contributed by atoms with Crippen molar-refractivity contribution < 1.29 is 17.7 Å². The molecular weight excluding hydrogens is 412 g/mol. The highest BCUT2D eigenvalue weighted by atomic mass is 32.2. The summed E-state index contributed by atoms with van der Waals surface area (Å²) in [7, 11) is -3.65. The molecule has 0 spiro atoms. The molecule has 10 heteroatoms. The van der Waals surface area contributed by atoms with Crippen LogP contribution >= 0.6 is 11.3 Å². The van der Waals surface area contributed by atoms with Crippen molar-refractivity contribution in [2.24, 2.45) is 5.92 Å². The molecule has 1 amide bonds. The Labute approximate surface area is 174 Å². The third kappa shape index (κ3) is 4.39. The number of hydrogen-bond acceptors (Lipinski definition) is 7. The first-order valence-corrected chi connectivity index (χ1v) is 12.5. The third-order valence-corrected chi connectivity index (χ3v) is 8.89. The first-order valence-electron chi connectivity index (χ1n) is 10.1. The first-order chi connectivity index (χ1) is 13.9. The predicted octanol–water partition coefficient (Wildman–Crippen LogP) is 2.91. The van der Waals surface area contributed by atoms with Crippen LogP contribution in [-0.4, -0.2) is 59.8 Å². The number of piperidine rings is 1. The number of aryl methyl sites for hydroxylation is 1. The van der Waals surface area contributed by atoms with Gasteiger partial charge in [0.05, 0.1) is 5.92 Å². The molecule has 0 N–H and O–H groups in total. The minimum absolute atomic E-state index is 0.112. The molecule has 2 aromatic heterocycles. The summed E-state index contributed by atoms with van der Waals surface area (Å²) in [5, 5.41) is 5.57. The Kier molecular flexibility index (Phi) is 6.03. The Hall–Kier alpha value is -1.78. The molecule has 0 radical (unpaired) electrons. The van der Waals surface area contributed by atoms with Gasteiger partial charge < -0.3 is 9.42 Å². The van der Waals surface area contributed by atoms with Gasteiger partial charge in [0.25, 0.3) is 10.0 Å². The second-order valence-corrected chi connectivity index (χ2v) is 10.8. The molecule has 1 atom stereocenters. The van der Waals surface area contributed by atoms with Gasteiger partial charge in [-0.2, -0.15) is 9.29 Å². The van der Waals surface area contributed by atoms with E-state index in [1.807, 2.05) is 4.90 Å². The van der Waals surface area contributed by atoms with Crippen molar-refractivity contribution in [3.05, 3.63) is 17.3 Å². The van der Waals surface area contributed by atoms with E-state index in [1.54, 1.807) is 18.4 Å². The topological polar surface area (TPSA) is 96.6 Å². The molecule has 4 rings (SSSR count). The molecule has 2 aliphatic rings. The van der Waals surface area contributed by atoms with Crippen LogP contribution in [0.2, 0.25) is 0 Å². The van der Waals surface area contributed by atoms with Crippen LogP contribution in [0.15, 0.2) is 20.2 Å². The van der Waals surface area contributed by atoms with E-state index in [1.165, 1.54) is 4.31 Å². The molecule has 2 aromatic rings. The maximum absolute atomic E-state index is 13.2. The zero-order valence-corrected chi connectivity index (χ0v) is 18.2. The molecule has 0 aliphatic carbocycles. The summed E-state index contributed by atoms with van der Waals surface area (Å²) in [5.74, 6) is 0.673. The zero-order chi connectivity index (χ0) is 20.4. The van der Waals surface area contributed by atoms with E-state index in [-0.39, 0.29) is 22.6 Å². The summed E-state index contributed by atoms with van der Waals surface area (Å²) in [6, 6.07) is 1.59. The summed E-state index contributed by atoms with van der Waals surface area (Å²) >= 11 is 1.15. The number of carbonyl (C=O) groups excluding carboxylic acids is 1. The lowest BCUT2D eigenvalue weighted by molar-refractivity contribution is -0.136. The van der Waals surface area contributed by atoms with Gasteiger partial charge in [0.1, 0.15) is 4.21 Å². The van der Waals surface area contributed by atoms with Crippen LogP contribution in [0, 0.1) is 12.8 Å². The van der Waals surface area contributed by atoms with Crippen LogP contribution in [-0.2, 0) is 14.8 Å². The molecule has 2 saturated heterocycles. The first kappa shape index (κ1) is 20.5. The largest absolute Gasteiger partial charge is 0.342 e. The molecule has 0 saturated carbocycles. The Balaban J connectivity index is 1.48. The maximum atomic E-state index is 13.2. The highest BCUT2D eigenvalue weighted by Crippen LogP contribution is 2.31. The second-order valence-electron chi connectivity index (χ2n) is 7.73. The summed E-state index contributed by atoms with van der Waals surface area (Å²) in [5.41, 5.74) is 0.625. The fourth-order valence-corrected chi connectivity index (χ4v) is 6.86. The molecule has 2 aliphatic heterocycles. The average molecular weight is 439 g/mol. The van der Waals surface area contributed by atoms with Crippen LogP contribution in [0.5, 0.6) is 0 Å². The standard InChI is InChI=1S/C19H26N4O4S2/c1-14-20-18(21-27-14)16-11-17(28-13-16)29(25,26)23-10-6-7-15(12-23)19(24)22-8-4-2-3-5-9-22/h11,13,15H,2-10,12H2,1H3. The lowest BCUT2D eigenvalue weighted by Crippen LogP contribution is -2.46. The fourth-order valence-electron chi connectivity index (χ4n) is 4.02. The van der Waals surface area contributed by atoms with E-state index in [4.69, 9.17) is 4.52 Å². The van der Waals surface area contributed by atoms with Crippen molar-refractivity contribution >= 4 is 27.3 Å². The zero-order valence-electron chi connectivity index (χ0n) is 16.5. The van der Waals surface area contributed by atoms with Crippen LogP contribution in [0.1, 0.15) is 44.4 Å². The molecule has 1 unspecified atom stereocenters. The summed E-state index contributed by atoms with van der Waals surface area (Å²) < 4.78 is 33.1. The van der Waals surface area contributed by atoms with Crippen molar-refractivity contribution in [2.45, 2.75) is 49.7 Å². The highest BCUT2D eigenvalue weighted by molar-refractivity contribution is 7.91. The van der Waals surface area contributed by atoms with Gasteiger partial charge in [-0.3, -0.25) is 4.79 Å². The third-order valence-electron chi connectivity index (χ3n) is 5.61. The highest BCUT2D eigenvalue weighted by Gasteiger charge is 2.36. The van der Waals surface area contributed by atoms with Crippen molar-refractivity contribution in [1.29, 1.82) is 0 Å². The minimum Gasteiger partial charge on any atom is -0.342 e. The van der Waals surface area contributed by atoms with E-state index in [0.717, 1.165) is 56.5 Å². The number of nitrogens with zero attached hydrogens (tertiary/aromatic N) is 4. The molecule has 0 aromatic carbocycles. The lowest BCUT2D eigenvalue weighted by Gasteiger charge is -2.33. The normalized spacial score (nSPS) is 21.8. The molecule has 4 heterocycles. The van der Waals surface area contributed by atoms with Gasteiger partial charge in [0.15, 0.2) is 0 Å². The van der Waals surface area contributed by atoms with Gasteiger partial charge in [-0.25, -0.2) is 8.42 Å². The van der Waals surface area contributed by atoms with Crippen molar-refractivity contribution in [3.63, 3.8) is 0 Å². The molecule has 2 fully saturated rings. The van der Waals surface area contributed by atoms with Crippen molar-refractivity contribution in [1.82, 2.24) is 19.3 Å². The van der Waals surface area contributed by atoms with E-state index in [9.17, 15) is 13.2 Å². The number of hydrogen-bond donors (Lipinski definition) is 0. The minimum atomic E-state index is -3.65. The molecule has 158 valence electrons. The van der Waals surface area contributed by atoms with E-state index in [2.05, 4.69) is 10.1 Å². The van der Waals surface area contributed by atoms with E-state index < -0.39 is 10.0 Å². The Morgan fingerprint density at radius 1 is 1.17 bits per heavy atom. The van der Waals surface area contributed by atoms with Gasteiger partial charge in [-0.1, -0.05) is 18.0 Å². The van der Waals surface area contributed by atoms with E-state index >= 15 is 0 Å². The summed E-state index contributed by atoms with van der Waals surface area (Å²) in [4.78, 5) is 19.1. The van der Waals surface area contributed by atoms with Gasteiger partial charge in [0, 0.05) is 44.0 Å². The number of amides is 1. The van der Waals surface area contributed by atoms with Crippen molar-refractivity contribution in [3.8, 4) is 11.4 Å². The lowest BCUT2D eigenvalue weighted by atomic mass is 9.98. The molecule has 8 nitrogen and oxygen atoms in total. The van der Waals surface area contributed by atoms with Crippen LogP contribution in [0.4, 0.5) is 0 Å². The second kappa shape index (κ2) is 8.53. The Bertz CT molecular complexity index is 961. The van der Waals surface area contributed by atoms with Crippen molar-refractivity contribution in [2.75, 3.05) is 26.2 Å². The quantitative estimate of drug-likeness (QED) is 0.728. The number of likely N-dealkylation sites (tertiary alicyclic amines) is 1. The van der Waals surface area contributed by atoms with Gasteiger partial charge in [-0.05, 0) is 31.7 Å². The van der Waals surface area contributed by atoms with Gasteiger partial charge >= 0.3 is 0 Å². The van der Waals surface area contributed by atoms with Gasteiger partial charge in [-0.15, -0.1) is 11.3 Å². The number of sulfonamides is 1. The average Bonchev–Trinajstić information content (AvgIpc) is 3.30. The number of thiophene rings is 1. The summed E-state index contributed by atoms with van der Waals surface area (Å²) in [6.45, 7) is 3.98. The van der Waals surface area contributed by atoms with Crippen LogP contribution < -0.4 is 0 Å². The number of aromatic nitrogens is 2. The SMILES string of the molecule is Cc1nc(-c2csc(S(=O)(=O)N3CCCC(C(=O)N4CCCCCC4)C3)c2)no1.